The van der Waals surface area contributed by atoms with Crippen molar-refractivity contribution < 1.29 is 34.8 Å². The van der Waals surface area contributed by atoms with Gasteiger partial charge in [-0.25, -0.2) is 4.79 Å². The number of carboxylic acids is 2. The molecule has 1 amide bonds. The van der Waals surface area contributed by atoms with Gasteiger partial charge >= 0.3 is 11.9 Å². The number of carbonyl (C=O) groups is 3. The molecule has 2 rings (SSSR count). The maximum absolute atomic E-state index is 12.1. The van der Waals surface area contributed by atoms with Gasteiger partial charge in [-0.05, 0) is 41.8 Å². The summed E-state index contributed by atoms with van der Waals surface area (Å²) in [4.78, 5) is 35.0. The van der Waals surface area contributed by atoms with Crippen LogP contribution < -0.4 is 10.6 Å². The maximum Gasteiger partial charge on any atom is 0.326 e. The molecule has 0 heterocycles. The molecule has 9 nitrogen and oxygen atoms in total. The Bertz CT molecular complexity index is 850. The van der Waals surface area contributed by atoms with Gasteiger partial charge in [0.05, 0.1) is 6.54 Å². The Morgan fingerprint density at radius 3 is 1.55 bits per heavy atom. The summed E-state index contributed by atoms with van der Waals surface area (Å²) in [5, 5.41) is 42.2. The average Bonchev–Trinajstić information content (AvgIpc) is 2.67. The Labute approximate surface area is 166 Å². The van der Waals surface area contributed by atoms with Crippen molar-refractivity contribution in [1.82, 2.24) is 10.6 Å². The minimum absolute atomic E-state index is 0.0111. The summed E-state index contributed by atoms with van der Waals surface area (Å²) in [6, 6.07) is 9.68. The first-order valence-electron chi connectivity index (χ1n) is 8.78. The molecular weight excluding hydrogens is 380 g/mol. The van der Waals surface area contributed by atoms with Crippen LogP contribution in [-0.4, -0.2) is 56.9 Å². The van der Waals surface area contributed by atoms with E-state index in [0.717, 1.165) is 0 Å². The lowest BCUT2D eigenvalue weighted by molar-refractivity contribution is -0.142. The highest BCUT2D eigenvalue weighted by Gasteiger charge is 2.23. The number of carbonyl (C=O) groups excluding carboxylic acids is 1. The first kappa shape index (κ1) is 21.7. The van der Waals surface area contributed by atoms with Crippen molar-refractivity contribution in [3.8, 4) is 11.5 Å². The van der Waals surface area contributed by atoms with Crippen LogP contribution in [0.15, 0.2) is 48.5 Å². The number of carboxylic acid groups (broad SMARTS) is 2. The lowest BCUT2D eigenvalue weighted by Crippen LogP contribution is -2.49. The second-order valence-corrected chi connectivity index (χ2v) is 6.47. The van der Waals surface area contributed by atoms with Gasteiger partial charge in [0.25, 0.3) is 0 Å². The van der Waals surface area contributed by atoms with Crippen LogP contribution in [0.2, 0.25) is 0 Å². The van der Waals surface area contributed by atoms with E-state index in [4.69, 9.17) is 0 Å². The predicted octanol–water partition coefficient (Wildman–Crippen LogP) is 0.495. The van der Waals surface area contributed by atoms with Crippen LogP contribution in [0.25, 0.3) is 0 Å². The fourth-order valence-corrected chi connectivity index (χ4v) is 2.64. The molecular formula is C20H22N2O7. The second kappa shape index (κ2) is 10.1. The summed E-state index contributed by atoms with van der Waals surface area (Å²) < 4.78 is 0. The van der Waals surface area contributed by atoms with Gasteiger partial charge in [0, 0.05) is 6.42 Å². The molecule has 0 spiro atoms. The van der Waals surface area contributed by atoms with Crippen LogP contribution >= 0.6 is 0 Å². The van der Waals surface area contributed by atoms with Gasteiger partial charge in [-0.3, -0.25) is 14.9 Å². The van der Waals surface area contributed by atoms with Crippen molar-refractivity contribution in [1.29, 1.82) is 0 Å². The molecule has 2 aromatic rings. The summed E-state index contributed by atoms with van der Waals surface area (Å²) in [6.07, 6.45) is 0.0932. The first-order valence-corrected chi connectivity index (χ1v) is 8.78. The van der Waals surface area contributed by atoms with Crippen LogP contribution in [0.5, 0.6) is 11.5 Å². The van der Waals surface area contributed by atoms with Gasteiger partial charge in [0.1, 0.15) is 23.6 Å². The van der Waals surface area contributed by atoms with E-state index in [2.05, 4.69) is 10.6 Å². The van der Waals surface area contributed by atoms with Crippen molar-refractivity contribution in [2.45, 2.75) is 24.9 Å². The molecule has 2 aromatic carbocycles. The van der Waals surface area contributed by atoms with E-state index in [1.54, 1.807) is 24.3 Å². The van der Waals surface area contributed by atoms with Gasteiger partial charge < -0.3 is 25.7 Å². The quantitative estimate of drug-likeness (QED) is 0.335. The number of amides is 1. The summed E-state index contributed by atoms with van der Waals surface area (Å²) in [7, 11) is 0. The molecule has 6 N–H and O–H groups in total. The van der Waals surface area contributed by atoms with Gasteiger partial charge in [0.15, 0.2) is 0 Å². The van der Waals surface area contributed by atoms with Crippen molar-refractivity contribution in [3.63, 3.8) is 0 Å². The van der Waals surface area contributed by atoms with Crippen molar-refractivity contribution >= 4 is 17.8 Å². The second-order valence-electron chi connectivity index (χ2n) is 6.47. The lowest BCUT2D eigenvalue weighted by Gasteiger charge is -2.17. The summed E-state index contributed by atoms with van der Waals surface area (Å²) in [6.45, 7) is -0.381. The SMILES string of the molecule is O=C(CN[C@@H](Cc1ccc(O)cc1)C(=O)O)N[C@@H](Cc1ccc(O)cc1)C(=O)O. The Balaban J connectivity index is 1.91. The van der Waals surface area contributed by atoms with Crippen LogP contribution in [0.4, 0.5) is 0 Å². The standard InChI is InChI=1S/C20H22N2O7/c23-14-5-1-12(2-6-14)9-16(19(26)27)21-11-18(25)22-17(20(28)29)10-13-3-7-15(24)8-4-13/h1-8,16-17,21,23-24H,9-11H2,(H,22,25)(H,26,27)(H,28,29)/t16-,17-/m0/s1. The van der Waals surface area contributed by atoms with E-state index < -0.39 is 29.9 Å². The number of benzene rings is 2. The zero-order valence-corrected chi connectivity index (χ0v) is 15.4. The molecule has 9 heteroatoms. The largest absolute Gasteiger partial charge is 0.508 e. The number of hydrogen-bond donors (Lipinski definition) is 6. The number of phenols is 2. The molecule has 0 bridgehead atoms. The van der Waals surface area contributed by atoms with E-state index in [0.29, 0.717) is 11.1 Å². The molecule has 0 fully saturated rings. The molecule has 0 saturated heterocycles. The predicted molar refractivity (Wildman–Crippen MR) is 103 cm³/mol. The minimum Gasteiger partial charge on any atom is -0.508 e. The molecule has 154 valence electrons. The Morgan fingerprint density at radius 1 is 0.724 bits per heavy atom. The molecule has 0 aliphatic heterocycles. The Morgan fingerprint density at radius 2 is 1.14 bits per heavy atom. The molecule has 2 atom stereocenters. The molecule has 0 aliphatic rings. The summed E-state index contributed by atoms with van der Waals surface area (Å²) >= 11 is 0. The lowest BCUT2D eigenvalue weighted by atomic mass is 10.1. The zero-order valence-electron chi connectivity index (χ0n) is 15.4. The Hall–Kier alpha value is -3.59. The number of rotatable bonds is 10. The fraction of sp³-hybridized carbons (Fsp3) is 0.250. The van der Waals surface area contributed by atoms with E-state index in [-0.39, 0.29) is 30.9 Å². The molecule has 29 heavy (non-hydrogen) atoms. The van der Waals surface area contributed by atoms with Crippen molar-refractivity contribution in [2.24, 2.45) is 0 Å². The molecule has 0 aliphatic carbocycles. The van der Waals surface area contributed by atoms with Crippen LogP contribution in [0.1, 0.15) is 11.1 Å². The van der Waals surface area contributed by atoms with Gasteiger partial charge in [-0.2, -0.15) is 0 Å². The topological polar surface area (TPSA) is 156 Å². The molecule has 0 aromatic heterocycles. The smallest absolute Gasteiger partial charge is 0.326 e. The third-order valence-corrected chi connectivity index (χ3v) is 4.19. The first-order chi connectivity index (χ1) is 13.7. The van der Waals surface area contributed by atoms with Crippen molar-refractivity contribution in [2.75, 3.05) is 6.54 Å². The monoisotopic (exact) mass is 402 g/mol. The van der Waals surface area contributed by atoms with E-state index in [9.17, 15) is 34.8 Å². The highest BCUT2D eigenvalue weighted by Crippen LogP contribution is 2.12. The highest BCUT2D eigenvalue weighted by molar-refractivity contribution is 5.85. The molecule has 0 radical (unpaired) electrons. The number of phenolic OH excluding ortho intramolecular Hbond substituents is 2. The minimum atomic E-state index is -1.23. The normalized spacial score (nSPS) is 12.7. The van der Waals surface area contributed by atoms with Crippen LogP contribution in [0.3, 0.4) is 0 Å². The average molecular weight is 402 g/mol. The zero-order chi connectivity index (χ0) is 21.4. The molecule has 0 saturated carbocycles. The number of aromatic hydroxyl groups is 2. The van der Waals surface area contributed by atoms with E-state index >= 15 is 0 Å². The Kier molecular flexibility index (Phi) is 7.55. The number of hydrogen-bond acceptors (Lipinski definition) is 6. The van der Waals surface area contributed by atoms with E-state index in [1.807, 2.05) is 0 Å². The summed E-state index contributed by atoms with van der Waals surface area (Å²) in [5.74, 6) is -2.95. The molecule has 0 unspecified atom stereocenters. The van der Waals surface area contributed by atoms with Crippen LogP contribution in [0, 0.1) is 0 Å². The number of nitrogens with one attached hydrogen (secondary N) is 2. The fourth-order valence-electron chi connectivity index (χ4n) is 2.64. The number of aliphatic carboxylic acids is 2. The third kappa shape index (κ3) is 7.15. The van der Waals surface area contributed by atoms with Gasteiger partial charge in [-0.15, -0.1) is 0 Å². The van der Waals surface area contributed by atoms with E-state index in [1.165, 1.54) is 24.3 Å². The van der Waals surface area contributed by atoms with Gasteiger partial charge in [0.2, 0.25) is 5.91 Å². The maximum atomic E-state index is 12.1. The highest BCUT2D eigenvalue weighted by atomic mass is 16.4. The van der Waals surface area contributed by atoms with Crippen LogP contribution in [-0.2, 0) is 27.2 Å². The van der Waals surface area contributed by atoms with Gasteiger partial charge in [-0.1, -0.05) is 24.3 Å². The third-order valence-electron chi connectivity index (χ3n) is 4.19. The van der Waals surface area contributed by atoms with Crippen molar-refractivity contribution in [3.05, 3.63) is 59.7 Å². The summed E-state index contributed by atoms with van der Waals surface area (Å²) in [5.41, 5.74) is 1.26.